The Bertz CT molecular complexity index is 1750. The van der Waals surface area contributed by atoms with Crippen molar-refractivity contribution in [3.05, 3.63) is 166 Å². The molecule has 0 spiro atoms. The molecular weight excluding hydrogens is 570 g/mol. The van der Waals surface area contributed by atoms with Crippen LogP contribution in [0.3, 0.4) is 0 Å². The van der Waals surface area contributed by atoms with Crippen LogP contribution in [-0.4, -0.2) is 17.7 Å². The highest BCUT2D eigenvalue weighted by molar-refractivity contribution is 6.30. The van der Waals surface area contributed by atoms with E-state index in [9.17, 15) is 14.4 Å². The molecule has 0 aliphatic carbocycles. The quantitative estimate of drug-likeness (QED) is 0.147. The lowest BCUT2D eigenvalue weighted by atomic mass is 10.0. The van der Waals surface area contributed by atoms with Crippen molar-refractivity contribution in [2.45, 2.75) is 13.0 Å². The van der Waals surface area contributed by atoms with E-state index < -0.39 is 11.8 Å². The van der Waals surface area contributed by atoms with Crippen LogP contribution in [0.1, 0.15) is 27.0 Å². The van der Waals surface area contributed by atoms with Crippen molar-refractivity contribution in [1.82, 2.24) is 10.6 Å². The number of anilines is 1. The number of halogens is 1. The van der Waals surface area contributed by atoms with Gasteiger partial charge in [0.25, 0.3) is 11.8 Å². The molecule has 0 aromatic heterocycles. The van der Waals surface area contributed by atoms with Gasteiger partial charge in [0.15, 0.2) is 0 Å². The summed E-state index contributed by atoms with van der Waals surface area (Å²) in [5.74, 6) is -1.01. The summed E-state index contributed by atoms with van der Waals surface area (Å²) < 4.78 is 0. The van der Waals surface area contributed by atoms with Gasteiger partial charge in [-0.2, -0.15) is 0 Å². The van der Waals surface area contributed by atoms with E-state index in [1.807, 2.05) is 48.5 Å². The number of nitrogens with one attached hydrogen (secondary N) is 3. The first-order valence-corrected chi connectivity index (χ1v) is 14.5. The Morgan fingerprint density at radius 1 is 0.636 bits per heavy atom. The molecule has 0 unspecified atom stereocenters. The van der Waals surface area contributed by atoms with Crippen molar-refractivity contribution < 1.29 is 14.4 Å². The molecule has 0 saturated carbocycles. The first-order chi connectivity index (χ1) is 21.4. The third-order valence-electron chi connectivity index (χ3n) is 6.84. The smallest absolute Gasteiger partial charge is 0.272 e. The SMILES string of the molecule is O=C(Cc1ccc(NC(=O)/C(=C\c2ccc(Cl)cc2)NC(=O)c2ccccc2)cc1)NCc1ccc(-c2ccccc2)cc1. The van der Waals surface area contributed by atoms with E-state index in [0.717, 1.165) is 22.3 Å². The van der Waals surface area contributed by atoms with E-state index in [4.69, 9.17) is 11.6 Å². The van der Waals surface area contributed by atoms with Crippen LogP contribution >= 0.6 is 11.6 Å². The monoisotopic (exact) mass is 599 g/mol. The summed E-state index contributed by atoms with van der Waals surface area (Å²) in [4.78, 5) is 38.7. The van der Waals surface area contributed by atoms with Gasteiger partial charge in [-0.15, -0.1) is 0 Å². The number of carbonyl (C=O) groups excluding carboxylic acids is 3. The van der Waals surface area contributed by atoms with E-state index >= 15 is 0 Å². The minimum absolute atomic E-state index is 0.0708. The summed E-state index contributed by atoms with van der Waals surface area (Å²) in [6.45, 7) is 0.430. The normalized spacial score (nSPS) is 11.0. The van der Waals surface area contributed by atoms with Gasteiger partial charge < -0.3 is 16.0 Å². The lowest BCUT2D eigenvalue weighted by Crippen LogP contribution is -2.30. The Kier molecular flexibility index (Phi) is 9.98. The molecule has 7 heteroatoms. The van der Waals surface area contributed by atoms with Crippen LogP contribution < -0.4 is 16.0 Å². The van der Waals surface area contributed by atoms with Crippen LogP contribution in [0.25, 0.3) is 17.2 Å². The third-order valence-corrected chi connectivity index (χ3v) is 7.09. The van der Waals surface area contributed by atoms with Crippen molar-refractivity contribution in [3.8, 4) is 11.1 Å². The number of benzene rings is 5. The second-order valence-electron chi connectivity index (χ2n) is 10.1. The maximum Gasteiger partial charge on any atom is 0.272 e. The first kappa shape index (κ1) is 30.0. The van der Waals surface area contributed by atoms with Gasteiger partial charge in [-0.25, -0.2) is 0 Å². The first-order valence-electron chi connectivity index (χ1n) is 14.1. The standard InChI is InChI=1S/C37H30ClN3O3/c38-32-19-13-26(14-20-32)23-34(41-36(43)31-9-5-2-6-10-31)37(44)40-33-21-15-27(16-22-33)24-35(42)39-25-28-11-17-30(18-12-28)29-7-3-1-4-8-29/h1-23H,24-25H2,(H,39,42)(H,40,44)(H,41,43)/b34-23+. The van der Waals surface area contributed by atoms with Crippen LogP contribution in [0.15, 0.2) is 139 Å². The molecule has 0 aliphatic rings. The summed E-state index contributed by atoms with van der Waals surface area (Å²) >= 11 is 6.00. The minimum atomic E-state index is -0.493. The molecule has 0 aliphatic heterocycles. The molecule has 0 radical (unpaired) electrons. The lowest BCUT2D eigenvalue weighted by Gasteiger charge is -2.12. The molecule has 5 aromatic carbocycles. The van der Waals surface area contributed by atoms with Gasteiger partial charge in [0.05, 0.1) is 6.42 Å². The molecule has 0 bridgehead atoms. The minimum Gasteiger partial charge on any atom is -0.352 e. The van der Waals surface area contributed by atoms with E-state index in [-0.39, 0.29) is 18.0 Å². The third kappa shape index (κ3) is 8.53. The van der Waals surface area contributed by atoms with Crippen molar-refractivity contribution in [2.24, 2.45) is 0 Å². The maximum atomic E-state index is 13.3. The fraction of sp³-hybridized carbons (Fsp3) is 0.0541. The lowest BCUT2D eigenvalue weighted by molar-refractivity contribution is -0.120. The predicted molar refractivity (Wildman–Crippen MR) is 176 cm³/mol. The summed E-state index contributed by atoms with van der Waals surface area (Å²) in [5.41, 5.74) is 5.80. The Morgan fingerprint density at radius 2 is 1.23 bits per heavy atom. The van der Waals surface area contributed by atoms with Gasteiger partial charge in [-0.05, 0) is 70.3 Å². The Labute approximate surface area is 261 Å². The topological polar surface area (TPSA) is 87.3 Å². The molecule has 0 saturated heterocycles. The molecule has 218 valence electrons. The Morgan fingerprint density at radius 3 is 1.89 bits per heavy atom. The molecule has 5 aromatic rings. The second kappa shape index (κ2) is 14.6. The van der Waals surface area contributed by atoms with Crippen molar-refractivity contribution in [2.75, 3.05) is 5.32 Å². The van der Waals surface area contributed by atoms with E-state index in [1.165, 1.54) is 0 Å². The van der Waals surface area contributed by atoms with Gasteiger partial charge in [-0.3, -0.25) is 14.4 Å². The van der Waals surface area contributed by atoms with Crippen molar-refractivity contribution >= 4 is 41.1 Å². The van der Waals surface area contributed by atoms with Gasteiger partial charge in [0.1, 0.15) is 5.70 Å². The van der Waals surface area contributed by atoms with Crippen molar-refractivity contribution in [3.63, 3.8) is 0 Å². The number of hydrogen-bond donors (Lipinski definition) is 3. The summed E-state index contributed by atoms with van der Waals surface area (Å²) in [6, 6.07) is 40.9. The van der Waals surface area contributed by atoms with Crippen LogP contribution in [-0.2, 0) is 22.6 Å². The fourth-order valence-electron chi connectivity index (χ4n) is 4.47. The predicted octanol–water partition coefficient (Wildman–Crippen LogP) is 7.28. The molecule has 6 nitrogen and oxygen atoms in total. The number of rotatable bonds is 10. The molecule has 0 heterocycles. The van der Waals surface area contributed by atoms with Crippen LogP contribution in [0.5, 0.6) is 0 Å². The zero-order valence-electron chi connectivity index (χ0n) is 23.8. The van der Waals surface area contributed by atoms with E-state index in [1.54, 1.807) is 78.9 Å². The van der Waals surface area contributed by atoms with Gasteiger partial charge in [-0.1, -0.05) is 109 Å². The molecular formula is C37H30ClN3O3. The van der Waals surface area contributed by atoms with Crippen LogP contribution in [0, 0.1) is 0 Å². The fourth-order valence-corrected chi connectivity index (χ4v) is 4.59. The highest BCUT2D eigenvalue weighted by Crippen LogP contribution is 2.19. The number of hydrogen-bond acceptors (Lipinski definition) is 3. The Balaban J connectivity index is 1.18. The van der Waals surface area contributed by atoms with E-state index in [0.29, 0.717) is 28.4 Å². The zero-order chi connectivity index (χ0) is 30.7. The molecule has 0 atom stereocenters. The average Bonchev–Trinajstić information content (AvgIpc) is 3.06. The second-order valence-corrected chi connectivity index (χ2v) is 10.5. The summed E-state index contributed by atoms with van der Waals surface area (Å²) in [7, 11) is 0. The summed E-state index contributed by atoms with van der Waals surface area (Å²) in [6.07, 6.45) is 1.78. The maximum absolute atomic E-state index is 13.3. The van der Waals surface area contributed by atoms with Crippen LogP contribution in [0.2, 0.25) is 5.02 Å². The van der Waals surface area contributed by atoms with Crippen molar-refractivity contribution in [1.29, 1.82) is 0 Å². The van der Waals surface area contributed by atoms with Gasteiger partial charge in [0, 0.05) is 22.8 Å². The van der Waals surface area contributed by atoms with E-state index in [2.05, 4.69) is 28.1 Å². The van der Waals surface area contributed by atoms with Crippen LogP contribution in [0.4, 0.5) is 5.69 Å². The van der Waals surface area contributed by atoms with Gasteiger partial charge >= 0.3 is 0 Å². The molecule has 44 heavy (non-hydrogen) atoms. The highest BCUT2D eigenvalue weighted by Gasteiger charge is 2.15. The molecule has 3 N–H and O–H groups in total. The number of amides is 3. The van der Waals surface area contributed by atoms with Gasteiger partial charge in [0.2, 0.25) is 5.91 Å². The molecule has 0 fully saturated rings. The molecule has 3 amide bonds. The molecule has 5 rings (SSSR count). The highest BCUT2D eigenvalue weighted by atomic mass is 35.5. The zero-order valence-corrected chi connectivity index (χ0v) is 24.6. The average molecular weight is 600 g/mol. The Hall–Kier alpha value is -5.46. The summed E-state index contributed by atoms with van der Waals surface area (Å²) in [5, 5.41) is 9.07. The largest absolute Gasteiger partial charge is 0.352 e. The number of carbonyl (C=O) groups is 3.